The minimum Gasteiger partial charge on any atom is -1.00 e. The van der Waals surface area contributed by atoms with E-state index in [0.717, 1.165) is 63.1 Å². The Bertz CT molecular complexity index is 5180. The summed E-state index contributed by atoms with van der Waals surface area (Å²) in [6.07, 6.45) is 0.0140. The first-order valence-electron chi connectivity index (χ1n) is 31.0. The number of carboxylic acid groups (broad SMARTS) is 1. The number of ketones is 3. The number of alkyl halides is 1. The molecular formula is C75H61BrCl6K2N9NaO13S3. The van der Waals surface area contributed by atoms with Crippen molar-refractivity contribution in [3.05, 3.63) is 301 Å². The Kier molecular flexibility index (Phi) is 44.5. The first kappa shape index (κ1) is 96.7. The fourth-order valence-electron chi connectivity index (χ4n) is 9.87. The number of nitrogens with two attached hydrogens (primary N) is 2. The van der Waals surface area contributed by atoms with E-state index in [0.29, 0.717) is 86.3 Å². The van der Waals surface area contributed by atoms with Gasteiger partial charge in [-0.3, -0.25) is 24.8 Å². The van der Waals surface area contributed by atoms with Crippen molar-refractivity contribution in [3.8, 4) is 0 Å². The molecule has 0 atom stereocenters. The van der Waals surface area contributed by atoms with Crippen molar-refractivity contribution in [1.82, 2.24) is 0 Å². The number of aromatic carboxylic acids is 1. The molecule has 35 heteroatoms. The number of halogens is 7. The van der Waals surface area contributed by atoms with Crippen LogP contribution in [0, 0.1) is 0 Å². The van der Waals surface area contributed by atoms with Crippen LogP contribution in [0.4, 0.5) is 17.1 Å². The Hall–Kier alpha value is -5.64. The third-order valence-corrected chi connectivity index (χ3v) is 21.4. The number of hydrogen-bond acceptors (Lipinski definition) is 20. The van der Waals surface area contributed by atoms with Crippen LogP contribution < -0.4 is 160 Å². The fourth-order valence-corrected chi connectivity index (χ4v) is 15.0. The Labute approximate surface area is 790 Å². The van der Waals surface area contributed by atoms with Gasteiger partial charge in [0.1, 0.15) is 0 Å². The molecule has 12 aromatic rings. The summed E-state index contributed by atoms with van der Waals surface area (Å²) in [5.41, 5.74) is 15.7. The van der Waals surface area contributed by atoms with E-state index >= 15 is 0 Å². The number of Topliss-reactive ketones (excluding diaryl/α,β-unsaturated/α-hetero) is 3. The third kappa shape index (κ3) is 29.3. The molecule has 110 heavy (non-hydrogen) atoms. The van der Waals surface area contributed by atoms with E-state index in [1.807, 2.05) is 146 Å². The van der Waals surface area contributed by atoms with Gasteiger partial charge in [-0.1, -0.05) is 182 Å². The number of nitrogens with one attached hydrogen (secondary N) is 2. The van der Waals surface area contributed by atoms with E-state index in [1.54, 1.807) is 48.5 Å². The number of rotatable bonds is 22. The van der Waals surface area contributed by atoms with Crippen molar-refractivity contribution >= 4 is 209 Å². The first-order valence-corrected chi connectivity index (χ1v) is 36.9. The maximum absolute atomic E-state index is 13.1. The van der Waals surface area contributed by atoms with E-state index in [-0.39, 0.29) is 182 Å². The van der Waals surface area contributed by atoms with Crippen LogP contribution in [0.5, 0.6) is 0 Å². The number of fused-ring (bicyclic) bond motifs is 3. The molecule has 0 saturated carbocycles. The number of thiophene rings is 3. The number of ether oxygens (including phenoxy) is 2. The van der Waals surface area contributed by atoms with Gasteiger partial charge in [0.15, 0.2) is 17.3 Å². The van der Waals surface area contributed by atoms with Gasteiger partial charge in [-0.15, -0.1) is 39.2 Å². The molecule has 12 rings (SSSR count). The SMILES string of the molecule is COC(=O)c1ccc(N)cc1CC(=O)c1sc2ccccc2c1Cl.COC(=O)c1ccc(NCc2ccc(Cl)cc2)cc1CC(=O)c1sc2ccccc2c1Cl.Clc1ccc(CBr)cc1.N/N=N/N=N/[N-]O.O=C(O)c1ccc(NCc2ccc(Cl)cc2)cc1CC(=O)c1sc2ccccc2c1Cl.O=CO[O-].[H-].[K+].[K+].[Na+]. The molecule has 0 fully saturated rings. The predicted molar refractivity (Wildman–Crippen MR) is 427 cm³/mol. The zero-order valence-electron chi connectivity index (χ0n) is 60.0. The molecule has 0 radical (unpaired) electrons. The zero-order valence-corrected chi connectivity index (χ0v) is 75.8. The van der Waals surface area contributed by atoms with Crippen LogP contribution in [0.15, 0.2) is 221 Å². The van der Waals surface area contributed by atoms with Crippen molar-refractivity contribution in [3.63, 3.8) is 0 Å². The number of nitrogens with zero attached hydrogens (tertiary/aromatic N) is 5. The summed E-state index contributed by atoms with van der Waals surface area (Å²) in [6.45, 7) is 0.934. The average Bonchev–Trinajstić information content (AvgIpc) is 1.69. The Balaban J connectivity index is 0.000000379. The molecule has 8 N–H and O–H groups in total. The van der Waals surface area contributed by atoms with Gasteiger partial charge in [0, 0.05) is 100 Å². The van der Waals surface area contributed by atoms with E-state index in [2.05, 4.69) is 63.8 Å². The Morgan fingerprint density at radius 2 is 0.864 bits per heavy atom. The molecule has 0 amide bonds. The number of anilines is 3. The van der Waals surface area contributed by atoms with Crippen LogP contribution in [0.1, 0.15) is 94.9 Å². The van der Waals surface area contributed by atoms with Gasteiger partial charge < -0.3 is 53.6 Å². The summed E-state index contributed by atoms with van der Waals surface area (Å²) < 4.78 is 12.5. The van der Waals surface area contributed by atoms with Crippen molar-refractivity contribution < 1.29 is 197 Å². The van der Waals surface area contributed by atoms with E-state index in [4.69, 9.17) is 100 Å². The summed E-state index contributed by atoms with van der Waals surface area (Å²) >= 11 is 44.1. The molecule has 3 aromatic heterocycles. The molecular weight excluding hydrogens is 1720 g/mol. The summed E-state index contributed by atoms with van der Waals surface area (Å²) in [6, 6.07) is 60.5. The second kappa shape index (κ2) is 50.6. The maximum Gasteiger partial charge on any atom is 1.00 e. The number of benzene rings is 9. The number of carbonyl (C=O) groups is 7. The van der Waals surface area contributed by atoms with Gasteiger partial charge in [-0.05, 0) is 143 Å². The van der Waals surface area contributed by atoms with Crippen LogP contribution in [0.2, 0.25) is 30.1 Å². The summed E-state index contributed by atoms with van der Waals surface area (Å²) in [5, 5.41) is 49.8. The van der Waals surface area contributed by atoms with E-state index in [1.165, 1.54) is 59.9 Å². The van der Waals surface area contributed by atoms with Gasteiger partial charge in [0.25, 0.3) is 6.47 Å². The normalized spacial score (nSPS) is 10.2. The van der Waals surface area contributed by atoms with Gasteiger partial charge in [-0.2, -0.15) is 0 Å². The van der Waals surface area contributed by atoms with Crippen LogP contribution in [-0.2, 0) is 56.8 Å². The number of carboxylic acids is 1. The first-order chi connectivity index (χ1) is 51.5. The topological polar surface area (TPSA) is 350 Å². The van der Waals surface area contributed by atoms with Crippen LogP contribution in [0.25, 0.3) is 35.8 Å². The van der Waals surface area contributed by atoms with Gasteiger partial charge in [0.2, 0.25) is 0 Å². The number of nitrogen functional groups attached to an aromatic ring is 1. The average molecular weight is 1790 g/mol. The van der Waals surface area contributed by atoms with Crippen LogP contribution >= 0.6 is 120 Å². The molecule has 554 valence electrons. The van der Waals surface area contributed by atoms with Crippen LogP contribution in [0.3, 0.4) is 0 Å². The van der Waals surface area contributed by atoms with E-state index < -0.39 is 17.9 Å². The van der Waals surface area contributed by atoms with Gasteiger partial charge >= 0.3 is 150 Å². The second-order valence-electron chi connectivity index (χ2n) is 21.9. The molecule has 0 saturated heterocycles. The van der Waals surface area contributed by atoms with Crippen molar-refractivity contribution in [2.75, 3.05) is 30.6 Å². The summed E-state index contributed by atoms with van der Waals surface area (Å²) in [5.74, 6) is 1.89. The molecule has 0 unspecified atom stereocenters. The smallest absolute Gasteiger partial charge is 1.00 e. The Morgan fingerprint density at radius 1 is 0.527 bits per heavy atom. The van der Waals surface area contributed by atoms with Crippen LogP contribution in [-0.4, -0.2) is 66.3 Å². The molecule has 0 bridgehead atoms. The largest absolute Gasteiger partial charge is 1.00 e. The van der Waals surface area contributed by atoms with Gasteiger partial charge in [-0.25, -0.2) is 24.8 Å². The molecule has 0 aliphatic heterocycles. The Morgan fingerprint density at radius 3 is 1.19 bits per heavy atom. The van der Waals surface area contributed by atoms with Crippen molar-refractivity contribution in [2.45, 2.75) is 37.7 Å². The quantitative estimate of drug-likeness (QED) is 0.00351. The maximum atomic E-state index is 13.1. The number of esters is 2. The number of methoxy groups -OCH3 is 2. The molecule has 0 spiro atoms. The monoisotopic (exact) mass is 1780 g/mol. The molecule has 0 aliphatic rings. The standard InChI is InChI=1S/C25H19Cl2NO3S.C24H17Cl2NO3S.C18H14ClNO3S.C7H6BrCl.CH2O3.2K.H3N6O.Na.H/c1-31-25(30)19-11-10-18(28-14-15-6-8-17(26)9-7-15)12-16(19)13-21(29)24-23(27)20-4-2-3-5-22(20)32-24;25-16-7-5-14(6-8-16)13-27-17-9-10-18(24(29)30)15(11-17)12-20(28)23-22(26)19-3-1-2-4-21(19)31-23;1-23-18(22)12-7-6-11(20)8-10(12)9-14(21)17-16(19)13-4-2-3-5-15(13)24-17;8-5-6-1-3-7(9)4-2-6;2-1-4-3;;;1-2-3-4-5-6-7;;/h2-12,28H,13-14H2,1H3;1-11,27H,12-13H2,(H,29,30);2-8H,9,20H2,1H3;1-4H,5H2;1,3H;;;(H3-,1,2,3,4,5,6,7);;/q;;;;;2*+1;-1;+1;-1/p-1. The number of carbonyl (C=O) groups excluding carboxylic acids is 6. The fraction of sp³-hybridized carbons (Fsp3) is 0.107. The van der Waals surface area contributed by atoms with Crippen molar-refractivity contribution in [2.24, 2.45) is 26.7 Å². The zero-order chi connectivity index (χ0) is 77.5. The molecule has 3 heterocycles. The van der Waals surface area contributed by atoms with E-state index in [9.17, 15) is 33.9 Å². The summed E-state index contributed by atoms with van der Waals surface area (Å²) in [7, 11) is 2.62. The summed E-state index contributed by atoms with van der Waals surface area (Å²) in [4.78, 5) is 87.4. The molecule has 9 aromatic carbocycles. The molecule has 22 nitrogen and oxygen atoms in total. The number of hydrogen-bond donors (Lipinski definition) is 6. The predicted octanol–water partition coefficient (Wildman–Crippen LogP) is 11.5. The van der Waals surface area contributed by atoms with Gasteiger partial charge in [0.05, 0.1) is 60.6 Å². The molecule has 0 aliphatic carbocycles. The third-order valence-electron chi connectivity index (χ3n) is 14.9. The second-order valence-corrected chi connectivity index (χ2v) is 28.0. The van der Waals surface area contributed by atoms with Crippen molar-refractivity contribution in [1.29, 1.82) is 0 Å². The minimum absolute atomic E-state index is 0. The minimum atomic E-state index is -1.07.